The molecule has 0 N–H and O–H groups in total. The first-order valence-corrected chi connectivity index (χ1v) is 4.12. The van der Waals surface area contributed by atoms with Crippen molar-refractivity contribution in [1.29, 1.82) is 5.26 Å². The van der Waals surface area contributed by atoms with Gasteiger partial charge in [0.15, 0.2) is 0 Å². The van der Waals surface area contributed by atoms with E-state index in [2.05, 4.69) is 0 Å². The second-order valence-electron chi connectivity index (χ2n) is 3.24. The molecule has 0 aromatic carbocycles. The van der Waals surface area contributed by atoms with Crippen LogP contribution in [0, 0.1) is 23.2 Å². The van der Waals surface area contributed by atoms with Crippen LogP contribution in [0.3, 0.4) is 0 Å². The zero-order valence-electron chi connectivity index (χ0n) is 7.34. The molecule has 0 bridgehead atoms. The number of hydrogen-bond acceptors (Lipinski definition) is 1. The van der Waals surface area contributed by atoms with E-state index in [1.165, 1.54) is 0 Å². The van der Waals surface area contributed by atoms with Crippen LogP contribution in [0.1, 0.15) is 20.3 Å². The molecule has 0 aromatic rings. The van der Waals surface area contributed by atoms with Crippen molar-refractivity contribution in [2.24, 2.45) is 11.8 Å². The fourth-order valence-corrected chi connectivity index (χ4v) is 1.28. The lowest BCUT2D eigenvalue weighted by atomic mass is 9.90. The number of hydrogen-bond donors (Lipinski definition) is 0. The number of allylic oxidation sites excluding steroid dienone is 4. The maximum absolute atomic E-state index is 13.1. The van der Waals surface area contributed by atoms with E-state index < -0.39 is 0 Å². The molecule has 0 spiro atoms. The maximum Gasteiger partial charge on any atom is 0.123 e. The first kappa shape index (κ1) is 8.99. The van der Waals surface area contributed by atoms with Crippen molar-refractivity contribution in [1.82, 2.24) is 0 Å². The average molecular weight is 165 g/mol. The van der Waals surface area contributed by atoms with Gasteiger partial charge < -0.3 is 0 Å². The van der Waals surface area contributed by atoms with Gasteiger partial charge in [0.1, 0.15) is 5.83 Å². The highest BCUT2D eigenvalue weighted by atomic mass is 19.1. The second-order valence-corrected chi connectivity index (χ2v) is 3.24. The number of nitriles is 1. The van der Waals surface area contributed by atoms with Gasteiger partial charge in [0, 0.05) is 5.57 Å². The summed E-state index contributed by atoms with van der Waals surface area (Å²) in [7, 11) is 0. The van der Waals surface area contributed by atoms with Gasteiger partial charge in [0.2, 0.25) is 0 Å². The Kier molecular flexibility index (Phi) is 2.65. The maximum atomic E-state index is 13.1. The summed E-state index contributed by atoms with van der Waals surface area (Å²) in [5.74, 6) is -0.193. The van der Waals surface area contributed by atoms with Gasteiger partial charge in [-0.1, -0.05) is 13.0 Å². The zero-order chi connectivity index (χ0) is 9.14. The van der Waals surface area contributed by atoms with Gasteiger partial charge in [-0.25, -0.2) is 4.39 Å². The Hall–Kier alpha value is -1.10. The summed E-state index contributed by atoms with van der Waals surface area (Å²) < 4.78 is 13.1. The van der Waals surface area contributed by atoms with E-state index in [1.807, 2.05) is 19.1 Å². The van der Waals surface area contributed by atoms with Gasteiger partial charge in [-0.2, -0.15) is 5.26 Å². The third-order valence-corrected chi connectivity index (χ3v) is 2.07. The molecule has 1 aliphatic carbocycles. The van der Waals surface area contributed by atoms with Crippen LogP contribution in [0.4, 0.5) is 4.39 Å². The summed E-state index contributed by atoms with van der Waals surface area (Å²) in [5, 5.41) is 8.61. The van der Waals surface area contributed by atoms with E-state index in [9.17, 15) is 4.39 Å². The molecule has 1 aliphatic rings. The molecule has 0 saturated heterocycles. The van der Waals surface area contributed by atoms with Gasteiger partial charge in [-0.15, -0.1) is 0 Å². The van der Waals surface area contributed by atoms with E-state index in [-0.39, 0.29) is 11.7 Å². The van der Waals surface area contributed by atoms with E-state index in [4.69, 9.17) is 5.26 Å². The number of nitrogens with zero attached hydrogens (tertiary/aromatic N) is 1. The van der Waals surface area contributed by atoms with Crippen LogP contribution < -0.4 is 0 Å². The average Bonchev–Trinajstić information content (AvgIpc) is 2.08. The molecular formula is C10H12FN. The molecule has 2 atom stereocenters. The quantitative estimate of drug-likeness (QED) is 0.586. The predicted molar refractivity (Wildman–Crippen MR) is 45.8 cm³/mol. The number of halogens is 1. The monoisotopic (exact) mass is 165 g/mol. The van der Waals surface area contributed by atoms with Crippen LogP contribution in [-0.2, 0) is 0 Å². The topological polar surface area (TPSA) is 23.8 Å². The third-order valence-electron chi connectivity index (χ3n) is 2.07. The van der Waals surface area contributed by atoms with Crippen molar-refractivity contribution in [3.05, 3.63) is 23.6 Å². The first-order chi connectivity index (χ1) is 5.65. The first-order valence-electron chi connectivity index (χ1n) is 4.12. The lowest BCUT2D eigenvalue weighted by Gasteiger charge is -2.15. The molecule has 0 saturated carbocycles. The van der Waals surface area contributed by atoms with Gasteiger partial charge >= 0.3 is 0 Å². The van der Waals surface area contributed by atoms with Gasteiger partial charge in [0.05, 0.1) is 12.0 Å². The molecule has 12 heavy (non-hydrogen) atoms. The fourth-order valence-electron chi connectivity index (χ4n) is 1.28. The van der Waals surface area contributed by atoms with Crippen LogP contribution in [0.25, 0.3) is 0 Å². The summed E-state index contributed by atoms with van der Waals surface area (Å²) >= 11 is 0. The van der Waals surface area contributed by atoms with Gasteiger partial charge in [0.25, 0.3) is 0 Å². The molecule has 64 valence electrons. The minimum Gasteiger partial charge on any atom is -0.207 e. The highest BCUT2D eigenvalue weighted by Gasteiger charge is 2.17. The van der Waals surface area contributed by atoms with Crippen molar-refractivity contribution < 1.29 is 4.39 Å². The SMILES string of the molecule is CC1C=C(C(C)C#N)C(F)=CC1. The Bertz CT molecular complexity index is 270. The fraction of sp³-hybridized carbons (Fsp3) is 0.500. The van der Waals surface area contributed by atoms with Crippen LogP contribution in [0.5, 0.6) is 0 Å². The summed E-state index contributed by atoms with van der Waals surface area (Å²) in [5.41, 5.74) is 0.552. The summed E-state index contributed by atoms with van der Waals surface area (Å²) in [6.45, 7) is 3.74. The van der Waals surface area contributed by atoms with Crippen LogP contribution in [0.15, 0.2) is 23.6 Å². The minimum atomic E-state index is -0.330. The van der Waals surface area contributed by atoms with Crippen molar-refractivity contribution >= 4 is 0 Å². The molecule has 0 fully saturated rings. The van der Waals surface area contributed by atoms with E-state index in [0.717, 1.165) is 6.42 Å². The van der Waals surface area contributed by atoms with Gasteiger partial charge in [-0.3, -0.25) is 0 Å². The van der Waals surface area contributed by atoms with E-state index in [1.54, 1.807) is 13.0 Å². The summed E-state index contributed by atoms with van der Waals surface area (Å²) in [4.78, 5) is 0. The Morgan fingerprint density at radius 3 is 3.00 bits per heavy atom. The summed E-state index contributed by atoms with van der Waals surface area (Å²) in [6.07, 6.45) is 4.16. The van der Waals surface area contributed by atoms with E-state index in [0.29, 0.717) is 11.5 Å². The van der Waals surface area contributed by atoms with Crippen molar-refractivity contribution in [3.8, 4) is 6.07 Å². The van der Waals surface area contributed by atoms with Crippen LogP contribution in [0.2, 0.25) is 0 Å². The number of rotatable bonds is 1. The van der Waals surface area contributed by atoms with Crippen LogP contribution >= 0.6 is 0 Å². The predicted octanol–water partition coefficient (Wildman–Crippen LogP) is 2.97. The molecule has 1 nitrogen and oxygen atoms in total. The Balaban J connectivity index is 2.88. The van der Waals surface area contributed by atoms with Crippen molar-refractivity contribution in [2.75, 3.05) is 0 Å². The largest absolute Gasteiger partial charge is 0.207 e. The highest BCUT2D eigenvalue weighted by molar-refractivity contribution is 5.34. The molecule has 0 heterocycles. The third kappa shape index (κ3) is 1.73. The van der Waals surface area contributed by atoms with Crippen molar-refractivity contribution in [2.45, 2.75) is 20.3 Å². The van der Waals surface area contributed by atoms with E-state index >= 15 is 0 Å². The molecule has 0 aromatic heterocycles. The standard InChI is InChI=1S/C10H12FN/c1-7-3-4-10(11)9(5-7)8(2)6-12/h4-5,7-8H,3H2,1-2H3. The normalized spacial score (nSPS) is 25.3. The lowest BCUT2D eigenvalue weighted by Crippen LogP contribution is -2.04. The molecule has 1 rings (SSSR count). The Labute approximate surface area is 72.2 Å². The Morgan fingerprint density at radius 2 is 2.42 bits per heavy atom. The molecular weight excluding hydrogens is 153 g/mol. The van der Waals surface area contributed by atoms with Crippen LogP contribution in [-0.4, -0.2) is 0 Å². The molecule has 0 radical (unpaired) electrons. The Morgan fingerprint density at radius 1 is 1.75 bits per heavy atom. The molecule has 0 aliphatic heterocycles. The summed E-state index contributed by atoms with van der Waals surface area (Å²) in [6, 6.07) is 2.04. The molecule has 0 amide bonds. The van der Waals surface area contributed by atoms with Crippen molar-refractivity contribution in [3.63, 3.8) is 0 Å². The van der Waals surface area contributed by atoms with Gasteiger partial charge in [-0.05, 0) is 25.3 Å². The molecule has 2 unspecified atom stereocenters. The second kappa shape index (κ2) is 3.53. The smallest absolute Gasteiger partial charge is 0.123 e. The lowest BCUT2D eigenvalue weighted by molar-refractivity contribution is 0.582. The zero-order valence-corrected chi connectivity index (χ0v) is 7.34. The molecule has 2 heteroatoms. The minimum absolute atomic E-state index is 0.220. The highest BCUT2D eigenvalue weighted by Crippen LogP contribution is 2.28.